The second kappa shape index (κ2) is 5.87. The smallest absolute Gasteiger partial charge is 0.342 e. The molecule has 1 aromatic carbocycles. The minimum atomic E-state index is -0.606. The SMILES string of the molecule is CCOC(=O)c1c(CO)ccc(C#N)c1OC. The van der Waals surface area contributed by atoms with Crippen LogP contribution in [-0.2, 0) is 11.3 Å². The third-order valence-corrected chi connectivity index (χ3v) is 2.22. The van der Waals surface area contributed by atoms with Crippen molar-refractivity contribution < 1.29 is 19.4 Å². The molecule has 0 atom stereocenters. The van der Waals surface area contributed by atoms with Crippen LogP contribution in [0.15, 0.2) is 12.1 Å². The van der Waals surface area contributed by atoms with E-state index < -0.39 is 5.97 Å². The molecule has 5 nitrogen and oxygen atoms in total. The summed E-state index contributed by atoms with van der Waals surface area (Å²) < 4.78 is 9.92. The van der Waals surface area contributed by atoms with Gasteiger partial charge in [0.05, 0.1) is 25.9 Å². The van der Waals surface area contributed by atoms with E-state index in [4.69, 9.17) is 14.7 Å². The zero-order valence-electron chi connectivity index (χ0n) is 9.69. The van der Waals surface area contributed by atoms with Crippen LogP contribution in [-0.4, -0.2) is 24.8 Å². The van der Waals surface area contributed by atoms with Gasteiger partial charge in [0.15, 0.2) is 5.75 Å². The molecule has 1 N–H and O–H groups in total. The predicted molar refractivity (Wildman–Crippen MR) is 59.6 cm³/mol. The summed E-state index contributed by atoms with van der Waals surface area (Å²) in [5.74, 6) is -0.469. The number of aliphatic hydroxyl groups excluding tert-OH is 1. The van der Waals surface area contributed by atoms with Gasteiger partial charge in [0.2, 0.25) is 0 Å². The Morgan fingerprint density at radius 2 is 2.24 bits per heavy atom. The highest BCUT2D eigenvalue weighted by atomic mass is 16.5. The summed E-state index contributed by atoms with van der Waals surface area (Å²) in [5, 5.41) is 18.1. The van der Waals surface area contributed by atoms with E-state index in [-0.39, 0.29) is 30.1 Å². The quantitative estimate of drug-likeness (QED) is 0.794. The molecule has 0 aliphatic carbocycles. The van der Waals surface area contributed by atoms with Crippen LogP contribution in [0.3, 0.4) is 0 Å². The number of ether oxygens (including phenoxy) is 2. The molecule has 0 aliphatic heterocycles. The highest BCUT2D eigenvalue weighted by Crippen LogP contribution is 2.27. The third kappa shape index (κ3) is 2.55. The number of aliphatic hydroxyl groups is 1. The van der Waals surface area contributed by atoms with Crippen LogP contribution in [0.5, 0.6) is 5.75 Å². The van der Waals surface area contributed by atoms with Gasteiger partial charge in [-0.3, -0.25) is 0 Å². The van der Waals surface area contributed by atoms with E-state index >= 15 is 0 Å². The van der Waals surface area contributed by atoms with Crippen molar-refractivity contribution in [1.29, 1.82) is 5.26 Å². The summed E-state index contributed by atoms with van der Waals surface area (Å²) in [4.78, 5) is 11.7. The average molecular weight is 235 g/mol. The van der Waals surface area contributed by atoms with Gasteiger partial charge in [-0.1, -0.05) is 6.07 Å². The molecule has 0 aromatic heterocycles. The van der Waals surface area contributed by atoms with Gasteiger partial charge in [0.25, 0.3) is 0 Å². The number of rotatable bonds is 4. The highest BCUT2D eigenvalue weighted by molar-refractivity contribution is 5.95. The fraction of sp³-hybridized carbons (Fsp3) is 0.333. The number of nitriles is 1. The molecule has 0 aliphatic rings. The van der Waals surface area contributed by atoms with Gasteiger partial charge >= 0.3 is 5.97 Å². The van der Waals surface area contributed by atoms with Crippen molar-refractivity contribution in [3.05, 3.63) is 28.8 Å². The topological polar surface area (TPSA) is 79.5 Å². The van der Waals surface area contributed by atoms with Crippen LogP contribution in [0.4, 0.5) is 0 Å². The Morgan fingerprint density at radius 3 is 2.71 bits per heavy atom. The van der Waals surface area contributed by atoms with Gasteiger partial charge in [-0.2, -0.15) is 5.26 Å². The summed E-state index contributed by atoms with van der Waals surface area (Å²) in [6.07, 6.45) is 0. The van der Waals surface area contributed by atoms with Gasteiger partial charge < -0.3 is 14.6 Å². The molecule has 0 heterocycles. The summed E-state index contributed by atoms with van der Waals surface area (Å²) in [7, 11) is 1.36. The number of carbonyl (C=O) groups is 1. The maximum absolute atomic E-state index is 11.7. The summed E-state index contributed by atoms with van der Waals surface area (Å²) in [6.45, 7) is 1.57. The predicted octanol–water partition coefficient (Wildman–Crippen LogP) is 1.24. The van der Waals surface area contributed by atoms with Crippen molar-refractivity contribution in [2.45, 2.75) is 13.5 Å². The Bertz CT molecular complexity index is 462. The van der Waals surface area contributed by atoms with E-state index in [2.05, 4.69) is 0 Å². The number of benzene rings is 1. The number of esters is 1. The zero-order chi connectivity index (χ0) is 12.8. The minimum Gasteiger partial charge on any atom is -0.494 e. The van der Waals surface area contributed by atoms with E-state index in [1.165, 1.54) is 19.2 Å². The largest absolute Gasteiger partial charge is 0.494 e. The number of nitrogens with zero attached hydrogens (tertiary/aromatic N) is 1. The molecule has 0 bridgehead atoms. The zero-order valence-corrected chi connectivity index (χ0v) is 9.69. The summed E-state index contributed by atoms with van der Waals surface area (Å²) in [6, 6.07) is 4.92. The average Bonchev–Trinajstić information content (AvgIpc) is 2.36. The van der Waals surface area contributed by atoms with Gasteiger partial charge in [-0.25, -0.2) is 4.79 Å². The molecule has 0 amide bonds. The number of carbonyl (C=O) groups excluding carboxylic acids is 1. The molecule has 90 valence electrons. The Labute approximate surface area is 99.2 Å². The van der Waals surface area contributed by atoms with Crippen molar-refractivity contribution in [3.8, 4) is 11.8 Å². The van der Waals surface area contributed by atoms with Crippen LogP contribution in [0.2, 0.25) is 0 Å². The van der Waals surface area contributed by atoms with Crippen LogP contribution in [0, 0.1) is 11.3 Å². The van der Waals surface area contributed by atoms with Crippen LogP contribution < -0.4 is 4.74 Å². The Balaban J connectivity index is 3.41. The monoisotopic (exact) mass is 235 g/mol. The van der Waals surface area contributed by atoms with E-state index in [0.717, 1.165) is 0 Å². The van der Waals surface area contributed by atoms with Crippen LogP contribution in [0.1, 0.15) is 28.4 Å². The second-order valence-corrected chi connectivity index (χ2v) is 3.17. The fourth-order valence-electron chi connectivity index (χ4n) is 1.48. The Hall–Kier alpha value is -2.06. The summed E-state index contributed by atoms with van der Waals surface area (Å²) in [5.41, 5.74) is 0.711. The molecule has 1 aromatic rings. The lowest BCUT2D eigenvalue weighted by atomic mass is 10.0. The van der Waals surface area contributed by atoms with E-state index in [1.807, 2.05) is 6.07 Å². The van der Waals surface area contributed by atoms with Gasteiger partial charge in [-0.05, 0) is 18.6 Å². The van der Waals surface area contributed by atoms with Crippen molar-refractivity contribution in [2.24, 2.45) is 0 Å². The number of hydrogen-bond acceptors (Lipinski definition) is 5. The lowest BCUT2D eigenvalue weighted by Gasteiger charge is -2.12. The van der Waals surface area contributed by atoms with E-state index in [9.17, 15) is 9.90 Å². The molecule has 0 saturated heterocycles. The third-order valence-electron chi connectivity index (χ3n) is 2.22. The van der Waals surface area contributed by atoms with Crippen molar-refractivity contribution >= 4 is 5.97 Å². The lowest BCUT2D eigenvalue weighted by molar-refractivity contribution is 0.0519. The molecule has 0 spiro atoms. The van der Waals surface area contributed by atoms with Crippen molar-refractivity contribution in [1.82, 2.24) is 0 Å². The maximum Gasteiger partial charge on any atom is 0.342 e. The highest BCUT2D eigenvalue weighted by Gasteiger charge is 2.21. The van der Waals surface area contributed by atoms with Gasteiger partial charge in [-0.15, -0.1) is 0 Å². The molecule has 5 heteroatoms. The van der Waals surface area contributed by atoms with Crippen molar-refractivity contribution in [3.63, 3.8) is 0 Å². The Morgan fingerprint density at radius 1 is 1.53 bits per heavy atom. The van der Waals surface area contributed by atoms with E-state index in [0.29, 0.717) is 5.56 Å². The van der Waals surface area contributed by atoms with Crippen molar-refractivity contribution in [2.75, 3.05) is 13.7 Å². The molecule has 0 unspecified atom stereocenters. The first-order valence-electron chi connectivity index (χ1n) is 5.07. The first-order chi connectivity index (χ1) is 8.19. The Kier molecular flexibility index (Phi) is 4.49. The van der Waals surface area contributed by atoms with Gasteiger partial charge in [0.1, 0.15) is 11.6 Å². The van der Waals surface area contributed by atoms with E-state index in [1.54, 1.807) is 6.92 Å². The molecule has 0 radical (unpaired) electrons. The normalized spacial score (nSPS) is 9.53. The minimum absolute atomic E-state index is 0.107. The molecule has 0 saturated carbocycles. The maximum atomic E-state index is 11.7. The standard InChI is InChI=1S/C12H13NO4/c1-3-17-12(15)10-9(7-14)5-4-8(6-13)11(10)16-2/h4-5,14H,3,7H2,1-2H3. The molecule has 1 rings (SSSR count). The first kappa shape index (κ1) is 13.0. The van der Waals surface area contributed by atoms with Crippen LogP contribution >= 0.6 is 0 Å². The molecule has 17 heavy (non-hydrogen) atoms. The van der Waals surface area contributed by atoms with Crippen LogP contribution in [0.25, 0.3) is 0 Å². The fourth-order valence-corrected chi connectivity index (χ4v) is 1.48. The number of hydrogen-bond donors (Lipinski definition) is 1. The molecular weight excluding hydrogens is 222 g/mol. The molecule has 0 fully saturated rings. The van der Waals surface area contributed by atoms with Gasteiger partial charge in [0, 0.05) is 0 Å². The number of methoxy groups -OCH3 is 1. The lowest BCUT2D eigenvalue weighted by Crippen LogP contribution is -2.11. The first-order valence-corrected chi connectivity index (χ1v) is 5.07. The second-order valence-electron chi connectivity index (χ2n) is 3.17. The molecular formula is C12H13NO4. The summed E-state index contributed by atoms with van der Waals surface area (Å²) >= 11 is 0.